The molecule has 0 aromatic carbocycles. The molecule has 1 aromatic rings. The molecule has 2 rings (SSSR count). The van der Waals surface area contributed by atoms with E-state index in [0.717, 1.165) is 19.5 Å². The summed E-state index contributed by atoms with van der Waals surface area (Å²) in [6.07, 6.45) is 1.01. The first-order chi connectivity index (χ1) is 8.95. The molecule has 19 heavy (non-hydrogen) atoms. The molecule has 0 bridgehead atoms. The summed E-state index contributed by atoms with van der Waals surface area (Å²) in [5.74, 6) is -0.125. The Morgan fingerprint density at radius 2 is 2.26 bits per heavy atom. The van der Waals surface area contributed by atoms with E-state index in [4.69, 9.17) is 5.11 Å². The van der Waals surface area contributed by atoms with Gasteiger partial charge in [0.25, 0.3) is 0 Å². The molecule has 6 nitrogen and oxygen atoms in total. The van der Waals surface area contributed by atoms with Crippen LogP contribution in [-0.4, -0.2) is 52.1 Å². The van der Waals surface area contributed by atoms with Gasteiger partial charge in [0, 0.05) is 18.3 Å². The number of aryl methyl sites for hydroxylation is 1. The molecule has 2 N–H and O–H groups in total. The third kappa shape index (κ3) is 3.41. The summed E-state index contributed by atoms with van der Waals surface area (Å²) >= 11 is 0. The van der Waals surface area contributed by atoms with Crippen LogP contribution >= 0.6 is 0 Å². The number of piperidine rings is 1. The van der Waals surface area contributed by atoms with Gasteiger partial charge in [-0.05, 0) is 38.9 Å². The average Bonchev–Trinajstić information content (AvgIpc) is 2.32. The highest BCUT2D eigenvalue weighted by molar-refractivity contribution is 5.85. The number of hydrogen-bond donors (Lipinski definition) is 2. The Morgan fingerprint density at radius 1 is 1.53 bits per heavy atom. The first-order valence-corrected chi connectivity index (χ1v) is 6.50. The third-order valence-electron chi connectivity index (χ3n) is 3.50. The largest absolute Gasteiger partial charge is 0.477 e. The lowest BCUT2D eigenvalue weighted by Gasteiger charge is -2.35. The summed E-state index contributed by atoms with van der Waals surface area (Å²) in [7, 11) is 2.11. The summed E-state index contributed by atoms with van der Waals surface area (Å²) in [6, 6.07) is 1.77. The number of nitrogens with zero attached hydrogens (tertiary/aromatic N) is 3. The molecular weight excluding hydrogens is 244 g/mol. The van der Waals surface area contributed by atoms with E-state index in [0.29, 0.717) is 23.6 Å². The first-order valence-electron chi connectivity index (χ1n) is 6.50. The Morgan fingerprint density at radius 3 is 2.89 bits per heavy atom. The van der Waals surface area contributed by atoms with Crippen LogP contribution in [0.5, 0.6) is 0 Å². The van der Waals surface area contributed by atoms with Crippen molar-refractivity contribution < 1.29 is 9.90 Å². The fourth-order valence-corrected chi connectivity index (χ4v) is 2.48. The second-order valence-corrected chi connectivity index (χ2v) is 5.30. The fourth-order valence-electron chi connectivity index (χ4n) is 2.48. The highest BCUT2D eigenvalue weighted by atomic mass is 16.4. The van der Waals surface area contributed by atoms with Crippen LogP contribution in [0.15, 0.2) is 6.07 Å². The van der Waals surface area contributed by atoms with Gasteiger partial charge in [0.1, 0.15) is 0 Å². The number of rotatable bonds is 3. The van der Waals surface area contributed by atoms with Gasteiger partial charge < -0.3 is 15.3 Å². The van der Waals surface area contributed by atoms with Crippen molar-refractivity contribution in [2.75, 3.05) is 25.5 Å². The van der Waals surface area contributed by atoms with Crippen molar-refractivity contribution in [3.8, 4) is 0 Å². The van der Waals surface area contributed by atoms with Gasteiger partial charge in [0.15, 0.2) is 5.69 Å². The van der Waals surface area contributed by atoms with E-state index in [2.05, 4.69) is 34.2 Å². The number of aromatic carboxylic acids is 1. The van der Waals surface area contributed by atoms with E-state index >= 15 is 0 Å². The van der Waals surface area contributed by atoms with Crippen LogP contribution in [0.2, 0.25) is 0 Å². The summed E-state index contributed by atoms with van der Waals surface area (Å²) in [6.45, 7) is 6.01. The van der Waals surface area contributed by atoms with Crippen LogP contribution in [0.3, 0.4) is 0 Å². The predicted molar refractivity (Wildman–Crippen MR) is 72.4 cm³/mol. The lowest BCUT2D eigenvalue weighted by Crippen LogP contribution is -2.43. The Hall–Kier alpha value is -1.69. The van der Waals surface area contributed by atoms with Crippen molar-refractivity contribution >= 4 is 11.9 Å². The third-order valence-corrected chi connectivity index (χ3v) is 3.50. The molecule has 1 aromatic heterocycles. The van der Waals surface area contributed by atoms with Crippen LogP contribution in [0.1, 0.15) is 29.5 Å². The monoisotopic (exact) mass is 264 g/mol. The maximum Gasteiger partial charge on any atom is 0.354 e. The summed E-state index contributed by atoms with van der Waals surface area (Å²) < 4.78 is 0. The number of anilines is 1. The van der Waals surface area contributed by atoms with E-state index in [1.807, 2.05) is 0 Å². The first kappa shape index (κ1) is 13.7. The SMILES string of the molecule is Cc1cc(C(=O)O)nc(NC2CCN(C)CC2C)n1. The van der Waals surface area contributed by atoms with Crippen molar-refractivity contribution in [2.24, 2.45) is 5.92 Å². The van der Waals surface area contributed by atoms with Crippen molar-refractivity contribution in [3.63, 3.8) is 0 Å². The molecule has 2 heterocycles. The van der Waals surface area contributed by atoms with Gasteiger partial charge in [-0.1, -0.05) is 6.92 Å². The molecule has 1 aliphatic heterocycles. The molecule has 1 aliphatic rings. The number of carboxylic acid groups (broad SMARTS) is 1. The molecule has 0 aliphatic carbocycles. The van der Waals surface area contributed by atoms with Crippen LogP contribution < -0.4 is 5.32 Å². The second-order valence-electron chi connectivity index (χ2n) is 5.30. The van der Waals surface area contributed by atoms with Gasteiger partial charge in [-0.2, -0.15) is 0 Å². The van der Waals surface area contributed by atoms with Crippen LogP contribution in [0.25, 0.3) is 0 Å². The molecule has 0 amide bonds. The predicted octanol–water partition coefficient (Wildman–Crippen LogP) is 1.24. The van der Waals surface area contributed by atoms with Crippen LogP contribution in [-0.2, 0) is 0 Å². The molecule has 1 saturated heterocycles. The van der Waals surface area contributed by atoms with E-state index in [-0.39, 0.29) is 5.69 Å². The number of hydrogen-bond acceptors (Lipinski definition) is 5. The Labute approximate surface area is 112 Å². The minimum Gasteiger partial charge on any atom is -0.477 e. The van der Waals surface area contributed by atoms with Gasteiger partial charge in [0.2, 0.25) is 5.95 Å². The second kappa shape index (κ2) is 5.52. The van der Waals surface area contributed by atoms with Crippen molar-refractivity contribution in [1.82, 2.24) is 14.9 Å². The van der Waals surface area contributed by atoms with Gasteiger partial charge in [-0.3, -0.25) is 0 Å². The molecule has 0 spiro atoms. The molecule has 104 valence electrons. The van der Waals surface area contributed by atoms with Crippen LogP contribution in [0, 0.1) is 12.8 Å². The Balaban J connectivity index is 2.12. The van der Waals surface area contributed by atoms with Crippen molar-refractivity contribution in [3.05, 3.63) is 17.5 Å². The number of likely N-dealkylation sites (tertiary alicyclic amines) is 1. The smallest absolute Gasteiger partial charge is 0.354 e. The fraction of sp³-hybridized carbons (Fsp3) is 0.615. The molecular formula is C13H20N4O2. The Bertz CT molecular complexity index is 478. The van der Waals surface area contributed by atoms with Gasteiger partial charge in [-0.25, -0.2) is 14.8 Å². The van der Waals surface area contributed by atoms with Crippen molar-refractivity contribution in [2.45, 2.75) is 26.3 Å². The van der Waals surface area contributed by atoms with Gasteiger partial charge in [0.05, 0.1) is 0 Å². The lowest BCUT2D eigenvalue weighted by atomic mass is 9.94. The van der Waals surface area contributed by atoms with E-state index in [9.17, 15) is 4.79 Å². The molecule has 6 heteroatoms. The number of carbonyl (C=O) groups is 1. The number of nitrogens with one attached hydrogen (secondary N) is 1. The van der Waals surface area contributed by atoms with Gasteiger partial charge >= 0.3 is 5.97 Å². The van der Waals surface area contributed by atoms with E-state index in [1.165, 1.54) is 6.07 Å². The van der Waals surface area contributed by atoms with E-state index < -0.39 is 5.97 Å². The lowest BCUT2D eigenvalue weighted by molar-refractivity contribution is 0.0690. The zero-order valence-electron chi connectivity index (χ0n) is 11.6. The zero-order valence-corrected chi connectivity index (χ0v) is 11.6. The highest BCUT2D eigenvalue weighted by Gasteiger charge is 2.25. The zero-order chi connectivity index (χ0) is 14.0. The molecule has 2 unspecified atom stereocenters. The minimum atomic E-state index is -1.02. The van der Waals surface area contributed by atoms with Crippen LogP contribution in [0.4, 0.5) is 5.95 Å². The molecule has 0 radical (unpaired) electrons. The summed E-state index contributed by atoms with van der Waals surface area (Å²) in [4.78, 5) is 21.6. The van der Waals surface area contributed by atoms with E-state index in [1.54, 1.807) is 6.92 Å². The molecule has 2 atom stereocenters. The maximum absolute atomic E-state index is 11.0. The highest BCUT2D eigenvalue weighted by Crippen LogP contribution is 2.19. The minimum absolute atomic E-state index is 0.0376. The maximum atomic E-state index is 11.0. The number of aromatic nitrogens is 2. The standard InChI is InChI=1S/C13H20N4O2/c1-8-7-17(3)5-4-10(8)15-13-14-9(2)6-11(16-13)12(18)19/h6,8,10H,4-5,7H2,1-3H3,(H,18,19)(H,14,15,16). The quantitative estimate of drug-likeness (QED) is 0.855. The summed E-state index contributed by atoms with van der Waals surface area (Å²) in [5, 5.41) is 12.3. The average molecular weight is 264 g/mol. The molecule has 0 saturated carbocycles. The molecule has 1 fully saturated rings. The van der Waals surface area contributed by atoms with Gasteiger partial charge in [-0.15, -0.1) is 0 Å². The summed E-state index contributed by atoms with van der Waals surface area (Å²) in [5.41, 5.74) is 0.700. The Kier molecular flexibility index (Phi) is 3.99. The topological polar surface area (TPSA) is 78.3 Å². The van der Waals surface area contributed by atoms with Crippen molar-refractivity contribution in [1.29, 1.82) is 0 Å². The normalized spacial score (nSPS) is 24.2. The number of carboxylic acids is 1.